The fraction of sp³-hybridized carbons (Fsp3) is 0.600. The molecule has 1 aliphatic carbocycles. The molecule has 0 spiro atoms. The third-order valence-electron chi connectivity index (χ3n) is 3.43. The second-order valence-electron chi connectivity index (χ2n) is 5.38. The SMILES string of the molecule is CC(O)CCN(C)c1ccc(CNC2CC2)cc1. The Bertz CT molecular complexity index is 357. The lowest BCUT2D eigenvalue weighted by molar-refractivity contribution is 0.187. The number of anilines is 1. The maximum Gasteiger partial charge on any atom is 0.0528 e. The molecule has 0 aromatic heterocycles. The average Bonchev–Trinajstić information content (AvgIpc) is 3.18. The lowest BCUT2D eigenvalue weighted by atomic mass is 10.2. The number of benzene rings is 1. The van der Waals surface area contributed by atoms with Crippen LogP contribution in [0.3, 0.4) is 0 Å². The first kappa shape index (κ1) is 13.4. The highest BCUT2D eigenvalue weighted by Crippen LogP contribution is 2.20. The molecular formula is C15H24N2O. The van der Waals surface area contributed by atoms with Gasteiger partial charge in [0.1, 0.15) is 0 Å². The molecule has 1 aromatic rings. The minimum absolute atomic E-state index is 0.227. The third-order valence-corrected chi connectivity index (χ3v) is 3.43. The molecule has 0 radical (unpaired) electrons. The van der Waals surface area contributed by atoms with Crippen molar-refractivity contribution in [2.24, 2.45) is 0 Å². The van der Waals surface area contributed by atoms with Crippen LogP contribution in [0.4, 0.5) is 5.69 Å². The van der Waals surface area contributed by atoms with E-state index in [1.54, 1.807) is 0 Å². The Balaban J connectivity index is 1.81. The minimum atomic E-state index is -0.227. The van der Waals surface area contributed by atoms with Gasteiger partial charge >= 0.3 is 0 Å². The van der Waals surface area contributed by atoms with E-state index < -0.39 is 0 Å². The first-order valence-electron chi connectivity index (χ1n) is 6.86. The molecule has 0 aliphatic heterocycles. The fourth-order valence-corrected chi connectivity index (χ4v) is 1.93. The summed E-state index contributed by atoms with van der Waals surface area (Å²) in [6.07, 6.45) is 3.25. The Hall–Kier alpha value is -1.06. The van der Waals surface area contributed by atoms with Gasteiger partial charge in [-0.15, -0.1) is 0 Å². The summed E-state index contributed by atoms with van der Waals surface area (Å²) >= 11 is 0. The van der Waals surface area contributed by atoms with E-state index in [2.05, 4.69) is 41.5 Å². The molecule has 1 unspecified atom stereocenters. The zero-order valence-electron chi connectivity index (χ0n) is 11.4. The number of aliphatic hydroxyl groups is 1. The molecule has 18 heavy (non-hydrogen) atoms. The summed E-state index contributed by atoms with van der Waals surface area (Å²) in [5.41, 5.74) is 2.56. The second kappa shape index (κ2) is 6.21. The van der Waals surface area contributed by atoms with Gasteiger partial charge in [-0.1, -0.05) is 12.1 Å². The maximum atomic E-state index is 9.29. The van der Waals surface area contributed by atoms with Gasteiger partial charge < -0.3 is 15.3 Å². The van der Waals surface area contributed by atoms with Crippen LogP contribution < -0.4 is 10.2 Å². The summed E-state index contributed by atoms with van der Waals surface area (Å²) in [5.74, 6) is 0. The molecule has 2 N–H and O–H groups in total. The summed E-state index contributed by atoms with van der Waals surface area (Å²) in [5, 5.41) is 12.8. The number of rotatable bonds is 7. The largest absolute Gasteiger partial charge is 0.393 e. The highest BCUT2D eigenvalue weighted by Gasteiger charge is 2.19. The predicted octanol–water partition coefficient (Wildman–Crippen LogP) is 2.15. The summed E-state index contributed by atoms with van der Waals surface area (Å²) in [6, 6.07) is 9.45. The van der Waals surface area contributed by atoms with Crippen LogP contribution in [0.25, 0.3) is 0 Å². The maximum absolute atomic E-state index is 9.29. The van der Waals surface area contributed by atoms with Crippen LogP contribution in [0.1, 0.15) is 31.7 Å². The van der Waals surface area contributed by atoms with Gasteiger partial charge in [-0.05, 0) is 43.9 Å². The summed E-state index contributed by atoms with van der Waals surface area (Å²) in [7, 11) is 2.07. The first-order valence-corrected chi connectivity index (χ1v) is 6.86. The summed E-state index contributed by atoms with van der Waals surface area (Å²) < 4.78 is 0. The van der Waals surface area contributed by atoms with Crippen molar-refractivity contribution >= 4 is 5.69 Å². The summed E-state index contributed by atoms with van der Waals surface area (Å²) in [4.78, 5) is 2.19. The molecule has 1 aliphatic rings. The van der Waals surface area contributed by atoms with Crippen LogP contribution in [-0.2, 0) is 6.54 Å². The monoisotopic (exact) mass is 248 g/mol. The van der Waals surface area contributed by atoms with Crippen LogP contribution in [0.5, 0.6) is 0 Å². The Morgan fingerprint density at radius 3 is 2.56 bits per heavy atom. The normalized spacial score (nSPS) is 16.6. The number of hydrogen-bond donors (Lipinski definition) is 2. The van der Waals surface area contributed by atoms with Gasteiger partial charge in [0.05, 0.1) is 6.10 Å². The van der Waals surface area contributed by atoms with E-state index >= 15 is 0 Å². The Morgan fingerprint density at radius 1 is 1.33 bits per heavy atom. The Labute approximate surface area is 110 Å². The van der Waals surface area contributed by atoms with Crippen molar-refractivity contribution in [1.82, 2.24) is 5.32 Å². The highest BCUT2D eigenvalue weighted by atomic mass is 16.3. The third kappa shape index (κ3) is 4.31. The van der Waals surface area contributed by atoms with E-state index in [9.17, 15) is 5.11 Å². The molecule has 2 rings (SSSR count). The van der Waals surface area contributed by atoms with E-state index in [0.717, 1.165) is 25.6 Å². The number of nitrogens with zero attached hydrogens (tertiary/aromatic N) is 1. The van der Waals surface area contributed by atoms with Gasteiger partial charge in [0.2, 0.25) is 0 Å². The van der Waals surface area contributed by atoms with Gasteiger partial charge in [0.15, 0.2) is 0 Å². The lowest BCUT2D eigenvalue weighted by Gasteiger charge is -2.20. The molecular weight excluding hydrogens is 224 g/mol. The standard InChI is InChI=1S/C15H24N2O/c1-12(18)9-10-17(2)15-7-3-13(4-8-15)11-16-14-5-6-14/h3-4,7-8,12,14,16,18H,5-6,9-11H2,1-2H3. The minimum Gasteiger partial charge on any atom is -0.393 e. The second-order valence-corrected chi connectivity index (χ2v) is 5.38. The van der Waals surface area contributed by atoms with Gasteiger partial charge in [-0.25, -0.2) is 0 Å². The van der Waals surface area contributed by atoms with E-state index in [-0.39, 0.29) is 6.10 Å². The van der Waals surface area contributed by atoms with Crippen molar-refractivity contribution in [3.05, 3.63) is 29.8 Å². The average molecular weight is 248 g/mol. The molecule has 0 heterocycles. The predicted molar refractivity (Wildman–Crippen MR) is 75.9 cm³/mol. The van der Waals surface area contributed by atoms with Crippen LogP contribution >= 0.6 is 0 Å². The molecule has 100 valence electrons. The van der Waals surface area contributed by atoms with Crippen LogP contribution in [0.2, 0.25) is 0 Å². The van der Waals surface area contributed by atoms with Crippen LogP contribution in [-0.4, -0.2) is 30.8 Å². The van der Waals surface area contributed by atoms with Crippen molar-refractivity contribution in [3.8, 4) is 0 Å². The summed E-state index contributed by atoms with van der Waals surface area (Å²) in [6.45, 7) is 3.69. The van der Waals surface area contributed by atoms with E-state index in [1.807, 2.05) is 6.92 Å². The highest BCUT2D eigenvalue weighted by molar-refractivity contribution is 5.46. The molecule has 0 saturated heterocycles. The van der Waals surface area contributed by atoms with Crippen LogP contribution in [0.15, 0.2) is 24.3 Å². The van der Waals surface area contributed by atoms with Crippen LogP contribution in [0, 0.1) is 0 Å². The lowest BCUT2D eigenvalue weighted by Crippen LogP contribution is -2.21. The molecule has 3 nitrogen and oxygen atoms in total. The van der Waals surface area contributed by atoms with Gasteiger partial charge in [0.25, 0.3) is 0 Å². The number of hydrogen-bond acceptors (Lipinski definition) is 3. The van der Waals surface area contributed by atoms with Gasteiger partial charge in [-0.3, -0.25) is 0 Å². The topological polar surface area (TPSA) is 35.5 Å². The Morgan fingerprint density at radius 2 is 2.00 bits per heavy atom. The molecule has 0 amide bonds. The zero-order valence-corrected chi connectivity index (χ0v) is 11.4. The van der Waals surface area contributed by atoms with E-state index in [4.69, 9.17) is 0 Å². The number of nitrogens with one attached hydrogen (secondary N) is 1. The number of aliphatic hydroxyl groups excluding tert-OH is 1. The van der Waals surface area contributed by atoms with Crippen molar-refractivity contribution in [2.75, 3.05) is 18.5 Å². The van der Waals surface area contributed by atoms with E-state index in [1.165, 1.54) is 24.1 Å². The molecule has 1 atom stereocenters. The fourth-order valence-electron chi connectivity index (χ4n) is 1.93. The van der Waals surface area contributed by atoms with Crippen molar-refractivity contribution < 1.29 is 5.11 Å². The smallest absolute Gasteiger partial charge is 0.0528 e. The molecule has 3 heteroatoms. The van der Waals surface area contributed by atoms with Crippen molar-refractivity contribution in [1.29, 1.82) is 0 Å². The van der Waals surface area contributed by atoms with Gasteiger partial charge in [-0.2, -0.15) is 0 Å². The zero-order chi connectivity index (χ0) is 13.0. The molecule has 1 aromatic carbocycles. The van der Waals surface area contributed by atoms with Crippen molar-refractivity contribution in [2.45, 2.75) is 44.9 Å². The quantitative estimate of drug-likeness (QED) is 0.776. The molecule has 1 saturated carbocycles. The Kier molecular flexibility index (Phi) is 4.61. The molecule has 1 fully saturated rings. The molecule has 0 bridgehead atoms. The van der Waals surface area contributed by atoms with E-state index in [0.29, 0.717) is 0 Å². The first-order chi connectivity index (χ1) is 8.65. The van der Waals surface area contributed by atoms with Crippen molar-refractivity contribution in [3.63, 3.8) is 0 Å². The van der Waals surface area contributed by atoms with Gasteiger partial charge in [0, 0.05) is 31.9 Å².